The van der Waals surface area contributed by atoms with Crippen LogP contribution < -0.4 is 4.59 Å². The molecule has 116 valence electrons. The molecule has 22 heavy (non-hydrogen) atoms. The van der Waals surface area contributed by atoms with Crippen LogP contribution in [0.25, 0.3) is 11.0 Å². The zero-order valence-electron chi connectivity index (χ0n) is 11.6. The first-order valence-electron chi connectivity index (χ1n) is 6.54. The first-order chi connectivity index (χ1) is 10.6. The van der Waals surface area contributed by atoms with Gasteiger partial charge < -0.3 is 0 Å². The van der Waals surface area contributed by atoms with Gasteiger partial charge in [-0.3, -0.25) is 0 Å². The first-order valence-corrected chi connectivity index (χ1v) is 9.11. The van der Waals surface area contributed by atoms with Crippen molar-refractivity contribution >= 4 is 30.6 Å². The first kappa shape index (κ1) is 15.4. The van der Waals surface area contributed by atoms with Crippen molar-refractivity contribution < 1.29 is 20.1 Å². The Morgan fingerprint density at radius 2 is 2.18 bits per heavy atom. The third-order valence-electron chi connectivity index (χ3n) is 3.68. The van der Waals surface area contributed by atoms with Gasteiger partial charge in [0.05, 0.1) is 0 Å². The molecule has 8 nitrogen and oxygen atoms in total. The molecule has 9 heteroatoms. The Bertz CT molecular complexity index is 743. The second kappa shape index (κ2) is 5.93. The van der Waals surface area contributed by atoms with Crippen molar-refractivity contribution in [2.24, 2.45) is 0 Å². The maximum absolute atomic E-state index is 10.2. The normalized spacial score (nSPS) is 28.1. The SMILES string of the molecule is C[Se]c1ncnc2c1c(C#N)cn2C1OC(CO)C(O)C1O. The van der Waals surface area contributed by atoms with Gasteiger partial charge in [-0.15, -0.1) is 0 Å². The quantitative estimate of drug-likeness (QED) is 0.551. The minimum absolute atomic E-state index is 0.0707. The van der Waals surface area contributed by atoms with Crippen molar-refractivity contribution in [1.82, 2.24) is 14.5 Å². The number of aliphatic hydroxyl groups excluding tert-OH is 3. The molecule has 0 radical (unpaired) electrons. The van der Waals surface area contributed by atoms with Crippen molar-refractivity contribution in [3.63, 3.8) is 0 Å². The summed E-state index contributed by atoms with van der Waals surface area (Å²) in [6.07, 6.45) is -1.26. The number of aromatic nitrogens is 3. The van der Waals surface area contributed by atoms with Crippen LogP contribution in [0.15, 0.2) is 12.5 Å². The van der Waals surface area contributed by atoms with Crippen molar-refractivity contribution in [3.05, 3.63) is 18.1 Å². The molecule has 1 saturated heterocycles. The van der Waals surface area contributed by atoms with Crippen LogP contribution in [0.3, 0.4) is 0 Å². The molecule has 1 fully saturated rings. The predicted molar refractivity (Wildman–Crippen MR) is 76.5 cm³/mol. The molecular formula is C13H14N4O4Se. The van der Waals surface area contributed by atoms with E-state index in [4.69, 9.17) is 4.74 Å². The van der Waals surface area contributed by atoms with Crippen LogP contribution in [0.2, 0.25) is 5.82 Å². The Hall–Kier alpha value is -1.53. The molecule has 3 N–H and O–H groups in total. The van der Waals surface area contributed by atoms with Gasteiger partial charge in [0, 0.05) is 0 Å². The van der Waals surface area contributed by atoms with Crippen LogP contribution in [-0.2, 0) is 4.74 Å². The molecular weight excluding hydrogens is 355 g/mol. The average molecular weight is 369 g/mol. The number of nitriles is 1. The van der Waals surface area contributed by atoms with Gasteiger partial charge in [0.1, 0.15) is 0 Å². The van der Waals surface area contributed by atoms with E-state index in [9.17, 15) is 20.6 Å². The van der Waals surface area contributed by atoms with E-state index in [1.807, 2.05) is 5.82 Å². The standard InChI is InChI=1S/C13H14N4O4Se/c1-22-12-8-6(2-14)3-17(11(8)15-5-16-12)13-10(20)9(19)7(4-18)21-13/h3,5,7,9-10,13,18-20H,4H2,1H3. The van der Waals surface area contributed by atoms with E-state index in [2.05, 4.69) is 16.0 Å². The number of fused-ring (bicyclic) bond motifs is 1. The van der Waals surface area contributed by atoms with Gasteiger partial charge in [-0.2, -0.15) is 0 Å². The van der Waals surface area contributed by atoms with Gasteiger partial charge in [0.15, 0.2) is 0 Å². The minimum atomic E-state index is -1.22. The predicted octanol–water partition coefficient (Wildman–Crippen LogP) is -1.71. The topological polar surface area (TPSA) is 124 Å². The van der Waals surface area contributed by atoms with E-state index >= 15 is 0 Å². The van der Waals surface area contributed by atoms with Crippen molar-refractivity contribution in [2.75, 3.05) is 6.61 Å². The Kier molecular flexibility index (Phi) is 4.14. The second-order valence-electron chi connectivity index (χ2n) is 4.87. The molecule has 1 aliphatic heterocycles. The van der Waals surface area contributed by atoms with Gasteiger partial charge in [-0.25, -0.2) is 0 Å². The van der Waals surface area contributed by atoms with E-state index in [0.29, 0.717) is 16.6 Å². The Morgan fingerprint density at radius 3 is 2.77 bits per heavy atom. The molecule has 4 atom stereocenters. The summed E-state index contributed by atoms with van der Waals surface area (Å²) in [7, 11) is 0. The summed E-state index contributed by atoms with van der Waals surface area (Å²) in [4.78, 5) is 8.39. The van der Waals surface area contributed by atoms with Crippen LogP contribution in [0.5, 0.6) is 0 Å². The van der Waals surface area contributed by atoms with Gasteiger partial charge in [0.25, 0.3) is 0 Å². The molecule has 2 aromatic heterocycles. The molecule has 0 spiro atoms. The Balaban J connectivity index is 2.15. The zero-order valence-corrected chi connectivity index (χ0v) is 13.3. The third-order valence-corrected chi connectivity index (χ3v) is 5.14. The number of rotatable bonds is 3. The van der Waals surface area contributed by atoms with Gasteiger partial charge >= 0.3 is 132 Å². The summed E-state index contributed by atoms with van der Waals surface area (Å²) in [5, 5.41) is 39.2. The monoisotopic (exact) mass is 370 g/mol. The fourth-order valence-electron chi connectivity index (χ4n) is 2.60. The molecule has 0 amide bonds. The van der Waals surface area contributed by atoms with Crippen molar-refractivity contribution in [1.29, 1.82) is 5.26 Å². The summed E-state index contributed by atoms with van der Waals surface area (Å²) < 4.78 is 7.82. The van der Waals surface area contributed by atoms with E-state index in [1.54, 1.807) is 0 Å². The number of nitrogens with zero attached hydrogens (tertiary/aromatic N) is 4. The van der Waals surface area contributed by atoms with Crippen LogP contribution in [0.1, 0.15) is 11.8 Å². The molecule has 0 aliphatic carbocycles. The summed E-state index contributed by atoms with van der Waals surface area (Å²) in [6.45, 7) is -0.405. The Labute approximate surface area is 132 Å². The summed E-state index contributed by atoms with van der Waals surface area (Å²) in [5.41, 5.74) is 0.868. The summed E-state index contributed by atoms with van der Waals surface area (Å²) in [5.74, 6) is 1.99. The number of aliphatic hydroxyl groups is 3. The van der Waals surface area contributed by atoms with E-state index in [0.717, 1.165) is 4.59 Å². The van der Waals surface area contributed by atoms with E-state index in [-0.39, 0.29) is 15.0 Å². The van der Waals surface area contributed by atoms with Gasteiger partial charge in [-0.05, 0) is 0 Å². The maximum atomic E-state index is 10.2. The molecule has 4 unspecified atom stereocenters. The molecule has 0 aromatic carbocycles. The fourth-order valence-corrected chi connectivity index (χ4v) is 3.77. The van der Waals surface area contributed by atoms with Crippen molar-refractivity contribution in [3.8, 4) is 6.07 Å². The third kappa shape index (κ3) is 2.21. The van der Waals surface area contributed by atoms with Crippen LogP contribution in [0, 0.1) is 11.3 Å². The second-order valence-corrected chi connectivity index (χ2v) is 6.54. The number of hydrogen-bond donors (Lipinski definition) is 3. The molecule has 2 aromatic rings. The number of ether oxygens (including phenoxy) is 1. The zero-order chi connectivity index (χ0) is 15.9. The number of hydrogen-bond acceptors (Lipinski definition) is 7. The molecule has 1 aliphatic rings. The molecule has 0 saturated carbocycles. The van der Waals surface area contributed by atoms with Crippen LogP contribution >= 0.6 is 0 Å². The molecule has 3 heterocycles. The summed E-state index contributed by atoms with van der Waals surface area (Å²) in [6, 6.07) is 2.10. The van der Waals surface area contributed by atoms with Gasteiger partial charge in [0.2, 0.25) is 0 Å². The molecule has 0 bridgehead atoms. The summed E-state index contributed by atoms with van der Waals surface area (Å²) >= 11 is 0.0707. The van der Waals surface area contributed by atoms with E-state index < -0.39 is 31.1 Å². The van der Waals surface area contributed by atoms with Crippen molar-refractivity contribution in [2.45, 2.75) is 30.4 Å². The fraction of sp³-hybridized carbons (Fsp3) is 0.462. The molecule has 3 rings (SSSR count). The van der Waals surface area contributed by atoms with Gasteiger partial charge in [-0.1, -0.05) is 0 Å². The van der Waals surface area contributed by atoms with Crippen LogP contribution in [-0.4, -0.2) is 69.7 Å². The van der Waals surface area contributed by atoms with E-state index in [1.165, 1.54) is 17.1 Å². The average Bonchev–Trinajstić information content (AvgIpc) is 3.06. The Morgan fingerprint density at radius 1 is 1.41 bits per heavy atom. The van der Waals surface area contributed by atoms with Crippen LogP contribution in [0.4, 0.5) is 0 Å².